The molecule has 0 saturated carbocycles. The molecule has 18 heavy (non-hydrogen) atoms. The van der Waals surface area contributed by atoms with Crippen molar-refractivity contribution >= 4 is 10.0 Å². The lowest BCUT2D eigenvalue weighted by Gasteiger charge is -2.06. The van der Waals surface area contributed by atoms with Crippen molar-refractivity contribution in [1.29, 1.82) is 0 Å². The molecule has 8 heteroatoms. The van der Waals surface area contributed by atoms with Gasteiger partial charge in [0.15, 0.2) is 0 Å². The van der Waals surface area contributed by atoms with Gasteiger partial charge in [0.05, 0.1) is 5.75 Å². The quantitative estimate of drug-likeness (QED) is 0.580. The molecule has 0 aliphatic rings. The maximum absolute atomic E-state index is 11.6. The van der Waals surface area contributed by atoms with Gasteiger partial charge in [-0.15, -0.1) is 10.2 Å². The first-order valence-electron chi connectivity index (χ1n) is 6.06. The molecule has 1 aromatic heterocycles. The summed E-state index contributed by atoms with van der Waals surface area (Å²) in [5, 5.41) is 10.7. The van der Waals surface area contributed by atoms with E-state index in [1.807, 2.05) is 14.0 Å². The molecule has 1 aromatic rings. The van der Waals surface area contributed by atoms with Crippen LogP contribution in [0.1, 0.15) is 19.2 Å². The molecule has 104 valence electrons. The Hall–Kier alpha value is -0.990. The van der Waals surface area contributed by atoms with E-state index in [4.69, 9.17) is 0 Å². The molecule has 0 spiro atoms. The largest absolute Gasteiger partial charge is 0.321 e. The Kier molecular flexibility index (Phi) is 6.23. The number of aryl methyl sites for hydroxylation is 1. The SMILES string of the molecule is CCNCCCS(=O)(=O)NCCc1nncn1C. The van der Waals surface area contributed by atoms with Crippen LogP contribution in [0.25, 0.3) is 0 Å². The molecule has 0 saturated heterocycles. The number of hydrogen-bond donors (Lipinski definition) is 2. The zero-order valence-corrected chi connectivity index (χ0v) is 11.7. The van der Waals surface area contributed by atoms with Crippen LogP contribution in [0, 0.1) is 0 Å². The summed E-state index contributed by atoms with van der Waals surface area (Å²) < 4.78 is 27.6. The highest BCUT2D eigenvalue weighted by Gasteiger charge is 2.09. The molecule has 7 nitrogen and oxygen atoms in total. The van der Waals surface area contributed by atoms with Crippen molar-refractivity contribution < 1.29 is 8.42 Å². The van der Waals surface area contributed by atoms with E-state index in [1.165, 1.54) is 0 Å². The third-order valence-corrected chi connectivity index (χ3v) is 3.96. The molecule has 0 amide bonds. The maximum atomic E-state index is 11.6. The molecule has 0 radical (unpaired) electrons. The van der Waals surface area contributed by atoms with Crippen molar-refractivity contribution in [2.75, 3.05) is 25.4 Å². The number of rotatable bonds is 9. The Balaban J connectivity index is 2.23. The van der Waals surface area contributed by atoms with Crippen LogP contribution < -0.4 is 10.0 Å². The van der Waals surface area contributed by atoms with Gasteiger partial charge in [-0.05, 0) is 19.5 Å². The average molecular weight is 275 g/mol. The highest BCUT2D eigenvalue weighted by Crippen LogP contribution is 1.94. The third-order valence-electron chi connectivity index (χ3n) is 2.49. The number of nitrogens with zero attached hydrogens (tertiary/aromatic N) is 3. The zero-order valence-electron chi connectivity index (χ0n) is 10.9. The van der Waals surface area contributed by atoms with Crippen molar-refractivity contribution in [3.05, 3.63) is 12.2 Å². The fraction of sp³-hybridized carbons (Fsp3) is 0.800. The van der Waals surface area contributed by atoms with E-state index >= 15 is 0 Å². The minimum Gasteiger partial charge on any atom is -0.321 e. The number of hydrogen-bond acceptors (Lipinski definition) is 5. The molecule has 0 fully saturated rings. The van der Waals surface area contributed by atoms with E-state index in [0.717, 1.165) is 18.9 Å². The fourth-order valence-corrected chi connectivity index (χ4v) is 2.57. The van der Waals surface area contributed by atoms with Gasteiger partial charge in [-0.25, -0.2) is 13.1 Å². The summed E-state index contributed by atoms with van der Waals surface area (Å²) in [6.45, 7) is 3.93. The van der Waals surface area contributed by atoms with Crippen LogP contribution in [0.5, 0.6) is 0 Å². The highest BCUT2D eigenvalue weighted by molar-refractivity contribution is 7.89. The van der Waals surface area contributed by atoms with Gasteiger partial charge in [-0.2, -0.15) is 0 Å². The first-order valence-corrected chi connectivity index (χ1v) is 7.71. The summed E-state index contributed by atoms with van der Waals surface area (Å²) in [6, 6.07) is 0. The Morgan fingerprint density at radius 1 is 1.39 bits per heavy atom. The molecule has 1 heterocycles. The minimum atomic E-state index is -3.18. The molecule has 0 unspecified atom stereocenters. The number of sulfonamides is 1. The smallest absolute Gasteiger partial charge is 0.211 e. The summed E-state index contributed by atoms with van der Waals surface area (Å²) in [5.41, 5.74) is 0. The van der Waals surface area contributed by atoms with Crippen LogP contribution in [0.15, 0.2) is 6.33 Å². The van der Waals surface area contributed by atoms with Gasteiger partial charge in [0, 0.05) is 20.0 Å². The predicted octanol–water partition coefficient (Wildman–Crippen LogP) is -0.723. The lowest BCUT2D eigenvalue weighted by Crippen LogP contribution is -2.30. The van der Waals surface area contributed by atoms with E-state index in [-0.39, 0.29) is 5.75 Å². The second-order valence-corrected chi connectivity index (χ2v) is 5.95. The summed E-state index contributed by atoms with van der Waals surface area (Å²) in [5.74, 6) is 0.920. The van der Waals surface area contributed by atoms with Crippen molar-refractivity contribution in [2.45, 2.75) is 19.8 Å². The lowest BCUT2D eigenvalue weighted by atomic mass is 10.4. The van der Waals surface area contributed by atoms with Crippen LogP contribution >= 0.6 is 0 Å². The second-order valence-electron chi connectivity index (χ2n) is 4.03. The van der Waals surface area contributed by atoms with Crippen molar-refractivity contribution in [1.82, 2.24) is 24.8 Å². The number of aromatic nitrogens is 3. The monoisotopic (exact) mass is 275 g/mol. The van der Waals surface area contributed by atoms with Gasteiger partial charge in [-0.1, -0.05) is 6.92 Å². The van der Waals surface area contributed by atoms with Crippen LogP contribution in [-0.2, 0) is 23.5 Å². The van der Waals surface area contributed by atoms with Gasteiger partial charge in [-0.3, -0.25) is 0 Å². The maximum Gasteiger partial charge on any atom is 0.211 e. The molecular weight excluding hydrogens is 254 g/mol. The van der Waals surface area contributed by atoms with E-state index in [1.54, 1.807) is 10.9 Å². The predicted molar refractivity (Wildman–Crippen MR) is 69.7 cm³/mol. The minimum absolute atomic E-state index is 0.152. The molecule has 0 bridgehead atoms. The lowest BCUT2D eigenvalue weighted by molar-refractivity contribution is 0.574. The standard InChI is InChI=1S/C10H21N5O2S/c1-3-11-6-4-8-18(16,17)13-7-5-10-14-12-9-15(10)2/h9,11,13H,3-8H2,1-2H3. The van der Waals surface area contributed by atoms with Gasteiger partial charge in [0.2, 0.25) is 10.0 Å². The van der Waals surface area contributed by atoms with Crippen molar-refractivity contribution in [2.24, 2.45) is 7.05 Å². The Morgan fingerprint density at radius 3 is 2.78 bits per heavy atom. The fourth-order valence-electron chi connectivity index (χ4n) is 1.49. The molecule has 0 atom stereocenters. The molecule has 0 aromatic carbocycles. The number of nitrogens with one attached hydrogen (secondary N) is 2. The van der Waals surface area contributed by atoms with Crippen LogP contribution in [0.2, 0.25) is 0 Å². The van der Waals surface area contributed by atoms with Crippen LogP contribution in [0.3, 0.4) is 0 Å². The van der Waals surface area contributed by atoms with Gasteiger partial charge >= 0.3 is 0 Å². The van der Waals surface area contributed by atoms with E-state index in [0.29, 0.717) is 19.4 Å². The normalized spacial score (nSPS) is 11.9. The zero-order chi connectivity index (χ0) is 13.4. The topological polar surface area (TPSA) is 88.9 Å². The first kappa shape index (κ1) is 15.1. The summed E-state index contributed by atoms with van der Waals surface area (Å²) in [6.07, 6.45) is 2.76. The third kappa shape index (κ3) is 5.56. The molecule has 2 N–H and O–H groups in total. The van der Waals surface area contributed by atoms with Gasteiger partial charge in [0.25, 0.3) is 0 Å². The molecular formula is C10H21N5O2S. The molecule has 0 aliphatic carbocycles. The van der Waals surface area contributed by atoms with E-state index < -0.39 is 10.0 Å². The van der Waals surface area contributed by atoms with E-state index in [2.05, 4.69) is 20.2 Å². The summed E-state index contributed by atoms with van der Waals surface area (Å²) in [4.78, 5) is 0. The van der Waals surface area contributed by atoms with Crippen molar-refractivity contribution in [3.8, 4) is 0 Å². The average Bonchev–Trinajstić information content (AvgIpc) is 2.71. The van der Waals surface area contributed by atoms with Crippen molar-refractivity contribution in [3.63, 3.8) is 0 Å². The Morgan fingerprint density at radius 2 is 2.17 bits per heavy atom. The summed E-state index contributed by atoms with van der Waals surface area (Å²) >= 11 is 0. The van der Waals surface area contributed by atoms with Crippen LogP contribution in [0.4, 0.5) is 0 Å². The first-order chi connectivity index (χ1) is 8.55. The molecule has 1 rings (SSSR count). The molecule has 0 aliphatic heterocycles. The highest BCUT2D eigenvalue weighted by atomic mass is 32.2. The van der Waals surface area contributed by atoms with Gasteiger partial charge in [0.1, 0.15) is 12.2 Å². The summed E-state index contributed by atoms with van der Waals surface area (Å²) in [7, 11) is -1.34. The van der Waals surface area contributed by atoms with E-state index in [9.17, 15) is 8.42 Å². The second kappa shape index (κ2) is 7.45. The van der Waals surface area contributed by atoms with Crippen LogP contribution in [-0.4, -0.2) is 48.6 Å². The van der Waals surface area contributed by atoms with Gasteiger partial charge < -0.3 is 9.88 Å². The Bertz CT molecular complexity index is 443. The Labute approximate surface area is 108 Å².